The molecule has 0 saturated carbocycles. The highest BCUT2D eigenvalue weighted by molar-refractivity contribution is 7.99. The molecule has 23 heavy (non-hydrogen) atoms. The fourth-order valence-corrected chi connectivity index (χ4v) is 3.89. The number of rotatable bonds is 5. The first-order valence-electron chi connectivity index (χ1n) is 7.08. The summed E-state index contributed by atoms with van der Waals surface area (Å²) < 4.78 is 2.10. The Morgan fingerprint density at radius 3 is 3.04 bits per heavy atom. The number of hydrogen-bond donors (Lipinski definition) is 1. The third kappa shape index (κ3) is 3.23. The Morgan fingerprint density at radius 2 is 2.26 bits per heavy atom. The maximum absolute atomic E-state index is 12.1. The number of carbonyl (C=O) groups is 1. The number of thioether (sulfide) groups is 1. The van der Waals surface area contributed by atoms with Crippen LogP contribution in [0.5, 0.6) is 0 Å². The minimum Gasteiger partial charge on any atom is -0.319 e. The number of carbonyl (C=O) groups excluding carboxylic acids is 1. The number of thiophene rings is 1. The van der Waals surface area contributed by atoms with E-state index in [2.05, 4.69) is 27.9 Å². The molecule has 116 valence electrons. The number of fused-ring (bicyclic) bond motifs is 1. The van der Waals surface area contributed by atoms with Crippen LogP contribution in [0.4, 0.5) is 5.00 Å². The lowest BCUT2D eigenvalue weighted by atomic mass is 10.3. The monoisotopic (exact) mass is 342 g/mol. The second-order valence-electron chi connectivity index (χ2n) is 4.74. The molecule has 0 aliphatic rings. The van der Waals surface area contributed by atoms with Gasteiger partial charge in [-0.15, -0.1) is 11.3 Å². The van der Waals surface area contributed by atoms with Gasteiger partial charge in [0.15, 0.2) is 5.16 Å². The molecule has 0 saturated heterocycles. The summed E-state index contributed by atoms with van der Waals surface area (Å²) in [5.74, 6) is 0.121. The molecule has 1 N–H and O–H groups in total. The summed E-state index contributed by atoms with van der Waals surface area (Å²) in [7, 11) is 0. The number of aromatic nitrogens is 2. The van der Waals surface area contributed by atoms with Crippen molar-refractivity contribution >= 4 is 45.0 Å². The van der Waals surface area contributed by atoms with Crippen LogP contribution in [0.1, 0.15) is 12.5 Å². The zero-order valence-electron chi connectivity index (χ0n) is 12.4. The van der Waals surface area contributed by atoms with Gasteiger partial charge in [-0.3, -0.25) is 4.79 Å². The number of anilines is 1. The molecule has 0 fully saturated rings. The predicted molar refractivity (Wildman–Crippen MR) is 93.8 cm³/mol. The highest BCUT2D eigenvalue weighted by atomic mass is 32.2. The van der Waals surface area contributed by atoms with E-state index in [0.717, 1.165) is 22.7 Å². The van der Waals surface area contributed by atoms with E-state index in [0.29, 0.717) is 10.6 Å². The van der Waals surface area contributed by atoms with Crippen LogP contribution in [-0.2, 0) is 11.3 Å². The molecule has 2 aromatic heterocycles. The number of para-hydroxylation sites is 2. The van der Waals surface area contributed by atoms with E-state index in [1.807, 2.05) is 24.3 Å². The van der Waals surface area contributed by atoms with Gasteiger partial charge in [0.1, 0.15) is 11.1 Å². The molecule has 0 aliphatic carbocycles. The van der Waals surface area contributed by atoms with Crippen LogP contribution in [0, 0.1) is 11.3 Å². The van der Waals surface area contributed by atoms with E-state index in [-0.39, 0.29) is 11.7 Å². The largest absolute Gasteiger partial charge is 0.319 e. The summed E-state index contributed by atoms with van der Waals surface area (Å²) in [4.78, 5) is 16.7. The van der Waals surface area contributed by atoms with Gasteiger partial charge in [0, 0.05) is 6.54 Å². The van der Waals surface area contributed by atoms with Crippen molar-refractivity contribution in [3.8, 4) is 6.07 Å². The van der Waals surface area contributed by atoms with Crippen molar-refractivity contribution in [3.05, 3.63) is 41.3 Å². The molecule has 1 aromatic carbocycles. The number of benzene rings is 1. The lowest BCUT2D eigenvalue weighted by Crippen LogP contribution is -2.14. The van der Waals surface area contributed by atoms with Crippen LogP contribution >= 0.6 is 23.1 Å². The number of nitrogens with zero attached hydrogens (tertiary/aromatic N) is 3. The molecular weight excluding hydrogens is 328 g/mol. The van der Waals surface area contributed by atoms with Gasteiger partial charge >= 0.3 is 0 Å². The van der Waals surface area contributed by atoms with Crippen molar-refractivity contribution in [2.75, 3.05) is 11.1 Å². The first-order chi connectivity index (χ1) is 11.2. The van der Waals surface area contributed by atoms with Gasteiger partial charge in [-0.2, -0.15) is 5.26 Å². The third-order valence-electron chi connectivity index (χ3n) is 3.31. The highest BCUT2D eigenvalue weighted by Gasteiger charge is 2.13. The first kappa shape index (κ1) is 15.6. The summed E-state index contributed by atoms with van der Waals surface area (Å²) in [6, 6.07) is 11.7. The van der Waals surface area contributed by atoms with Crippen LogP contribution in [-0.4, -0.2) is 21.2 Å². The van der Waals surface area contributed by atoms with Crippen LogP contribution in [0.2, 0.25) is 0 Å². The van der Waals surface area contributed by atoms with Gasteiger partial charge in [0.2, 0.25) is 5.91 Å². The average molecular weight is 342 g/mol. The molecule has 0 bridgehead atoms. The SMILES string of the molecule is CCn1c(SCC(=O)Nc2sccc2C#N)nc2ccccc21. The molecule has 0 radical (unpaired) electrons. The smallest absolute Gasteiger partial charge is 0.235 e. The van der Waals surface area contributed by atoms with E-state index < -0.39 is 0 Å². The second kappa shape index (κ2) is 6.86. The van der Waals surface area contributed by atoms with Crippen molar-refractivity contribution in [1.29, 1.82) is 5.26 Å². The summed E-state index contributed by atoms with van der Waals surface area (Å²) >= 11 is 2.75. The topological polar surface area (TPSA) is 70.7 Å². The van der Waals surface area contributed by atoms with Crippen LogP contribution in [0.15, 0.2) is 40.9 Å². The van der Waals surface area contributed by atoms with Gasteiger partial charge in [-0.05, 0) is 30.5 Å². The van der Waals surface area contributed by atoms with E-state index in [1.165, 1.54) is 23.1 Å². The minimum atomic E-state index is -0.136. The maximum Gasteiger partial charge on any atom is 0.235 e. The van der Waals surface area contributed by atoms with E-state index >= 15 is 0 Å². The summed E-state index contributed by atoms with van der Waals surface area (Å²) in [5.41, 5.74) is 2.50. The van der Waals surface area contributed by atoms with Crippen LogP contribution in [0.3, 0.4) is 0 Å². The van der Waals surface area contributed by atoms with Crippen molar-refractivity contribution in [1.82, 2.24) is 9.55 Å². The van der Waals surface area contributed by atoms with E-state index in [9.17, 15) is 4.79 Å². The summed E-state index contributed by atoms with van der Waals surface area (Å²) in [6.07, 6.45) is 0. The fraction of sp³-hybridized carbons (Fsp3) is 0.188. The molecule has 0 atom stereocenters. The molecule has 5 nitrogen and oxygen atoms in total. The Kier molecular flexibility index (Phi) is 4.65. The summed E-state index contributed by atoms with van der Waals surface area (Å²) in [5, 5.41) is 15.0. The maximum atomic E-state index is 12.1. The van der Waals surface area contributed by atoms with E-state index in [1.54, 1.807) is 11.4 Å². The Hall–Kier alpha value is -2.30. The molecular formula is C16H14N4OS2. The Balaban J connectivity index is 1.71. The molecule has 0 aliphatic heterocycles. The molecule has 0 unspecified atom stereocenters. The number of aryl methyl sites for hydroxylation is 1. The molecule has 7 heteroatoms. The van der Waals surface area contributed by atoms with Gasteiger partial charge in [-0.1, -0.05) is 23.9 Å². The number of nitriles is 1. The lowest BCUT2D eigenvalue weighted by molar-refractivity contribution is -0.113. The Bertz CT molecular complexity index is 891. The van der Waals surface area contributed by atoms with Crippen LogP contribution < -0.4 is 5.32 Å². The zero-order chi connectivity index (χ0) is 16.2. The molecule has 0 spiro atoms. The van der Waals surface area contributed by atoms with Crippen molar-refractivity contribution in [2.45, 2.75) is 18.6 Å². The third-order valence-corrected chi connectivity index (χ3v) is 5.11. The second-order valence-corrected chi connectivity index (χ2v) is 6.60. The van der Waals surface area contributed by atoms with Gasteiger partial charge in [0.25, 0.3) is 0 Å². The highest BCUT2D eigenvalue weighted by Crippen LogP contribution is 2.25. The van der Waals surface area contributed by atoms with Crippen molar-refractivity contribution < 1.29 is 4.79 Å². The zero-order valence-corrected chi connectivity index (χ0v) is 14.1. The minimum absolute atomic E-state index is 0.136. The van der Waals surface area contributed by atoms with E-state index in [4.69, 9.17) is 5.26 Å². The summed E-state index contributed by atoms with van der Waals surface area (Å²) in [6.45, 7) is 2.86. The van der Waals surface area contributed by atoms with Crippen LogP contribution in [0.25, 0.3) is 11.0 Å². The van der Waals surface area contributed by atoms with Gasteiger partial charge in [-0.25, -0.2) is 4.98 Å². The average Bonchev–Trinajstić information content (AvgIpc) is 3.15. The Labute approximate surface area is 142 Å². The fourth-order valence-electron chi connectivity index (χ4n) is 2.26. The number of nitrogens with one attached hydrogen (secondary N) is 1. The molecule has 1 amide bonds. The predicted octanol–water partition coefficient (Wildman–Crippen LogP) is 3.72. The Morgan fingerprint density at radius 1 is 1.43 bits per heavy atom. The quantitative estimate of drug-likeness (QED) is 0.717. The number of amides is 1. The standard InChI is InChI=1S/C16H14N4OS2/c1-2-20-13-6-4-3-5-12(13)18-16(20)23-10-14(21)19-15-11(9-17)7-8-22-15/h3-8H,2,10H2,1H3,(H,19,21). The van der Waals surface area contributed by atoms with Crippen molar-refractivity contribution in [2.24, 2.45) is 0 Å². The molecule has 3 aromatic rings. The lowest BCUT2D eigenvalue weighted by Gasteiger charge is -2.06. The molecule has 3 rings (SSSR count). The number of imidazole rings is 1. The van der Waals surface area contributed by atoms with Gasteiger partial charge in [0.05, 0.1) is 22.3 Å². The van der Waals surface area contributed by atoms with Gasteiger partial charge < -0.3 is 9.88 Å². The number of hydrogen-bond acceptors (Lipinski definition) is 5. The molecule has 2 heterocycles. The first-order valence-corrected chi connectivity index (χ1v) is 8.95. The normalized spacial score (nSPS) is 10.6. The van der Waals surface area contributed by atoms with Crippen molar-refractivity contribution in [3.63, 3.8) is 0 Å².